The highest BCUT2D eigenvalue weighted by Crippen LogP contribution is 2.26. The highest BCUT2D eigenvalue weighted by atomic mass is 15.3. The van der Waals surface area contributed by atoms with Crippen molar-refractivity contribution in [1.82, 2.24) is 9.80 Å². The molecule has 2 aliphatic rings. The van der Waals surface area contributed by atoms with Gasteiger partial charge in [0.2, 0.25) is 0 Å². The Labute approximate surface area is 114 Å². The minimum atomic E-state index is 0. The number of rotatable bonds is 1. The van der Waals surface area contributed by atoms with E-state index in [0.29, 0.717) is 0 Å². The Morgan fingerprint density at radius 3 is 2.28 bits per heavy atom. The predicted molar refractivity (Wildman–Crippen MR) is 81.6 cm³/mol. The molecule has 106 valence electrons. The molecule has 1 unspecified atom stereocenters. The van der Waals surface area contributed by atoms with E-state index in [2.05, 4.69) is 49.8 Å². The van der Waals surface area contributed by atoms with E-state index in [4.69, 9.17) is 5.73 Å². The van der Waals surface area contributed by atoms with E-state index in [1.807, 2.05) is 6.08 Å². The molecule has 3 nitrogen and oxygen atoms in total. The summed E-state index contributed by atoms with van der Waals surface area (Å²) in [6, 6.07) is 0. The average molecular weight is 253 g/mol. The number of hydrogen-bond acceptors (Lipinski definition) is 3. The van der Waals surface area contributed by atoms with Crippen molar-refractivity contribution in [2.75, 3.05) is 33.2 Å². The molecule has 18 heavy (non-hydrogen) atoms. The van der Waals surface area contributed by atoms with Crippen LogP contribution in [0.1, 0.15) is 35.0 Å². The van der Waals surface area contributed by atoms with Crippen LogP contribution in [0.3, 0.4) is 0 Å². The van der Waals surface area contributed by atoms with Crippen LogP contribution in [0.15, 0.2) is 23.9 Å². The molecule has 0 radical (unpaired) electrons. The van der Waals surface area contributed by atoms with Crippen molar-refractivity contribution in [2.24, 2.45) is 5.73 Å². The fourth-order valence-electron chi connectivity index (χ4n) is 2.29. The van der Waals surface area contributed by atoms with Crippen LogP contribution in [0.5, 0.6) is 0 Å². The summed E-state index contributed by atoms with van der Waals surface area (Å²) in [4.78, 5) is 4.95. The lowest BCUT2D eigenvalue weighted by Gasteiger charge is -2.44. The van der Waals surface area contributed by atoms with Crippen molar-refractivity contribution in [1.29, 1.82) is 0 Å². The molecule has 0 aromatic heterocycles. The maximum atomic E-state index is 5.75. The molecule has 0 aromatic carbocycles. The topological polar surface area (TPSA) is 32.5 Å². The Morgan fingerprint density at radius 1 is 1.28 bits per heavy atom. The first-order valence-corrected chi connectivity index (χ1v) is 7.10. The van der Waals surface area contributed by atoms with Gasteiger partial charge in [0.05, 0.1) is 0 Å². The van der Waals surface area contributed by atoms with Crippen LogP contribution in [-0.2, 0) is 0 Å². The van der Waals surface area contributed by atoms with E-state index in [1.165, 1.54) is 19.5 Å². The molecule has 2 N–H and O–H groups in total. The first kappa shape index (κ1) is 15.3. The Hall–Kier alpha value is -0.800. The molecule has 0 aromatic rings. The van der Waals surface area contributed by atoms with Gasteiger partial charge in [0.15, 0.2) is 0 Å². The minimum Gasteiger partial charge on any atom is -0.399 e. The molecule has 0 spiro atoms. The molecular weight excluding hydrogens is 222 g/mol. The molecule has 3 heteroatoms. The van der Waals surface area contributed by atoms with Gasteiger partial charge in [-0.1, -0.05) is 32.4 Å². The average Bonchev–Trinajstić information content (AvgIpc) is 2.35. The highest BCUT2D eigenvalue weighted by Gasteiger charge is 2.31. The van der Waals surface area contributed by atoms with Gasteiger partial charge in [0.1, 0.15) is 0 Å². The largest absolute Gasteiger partial charge is 0.399 e. The third-order valence-electron chi connectivity index (χ3n) is 3.61. The van der Waals surface area contributed by atoms with Gasteiger partial charge >= 0.3 is 0 Å². The Morgan fingerprint density at radius 2 is 1.83 bits per heavy atom. The van der Waals surface area contributed by atoms with E-state index in [-0.39, 0.29) is 6.97 Å². The molecule has 1 atom stereocenters. The number of nitrogens with two attached hydrogens (primary N) is 1. The molecule has 1 saturated heterocycles. The van der Waals surface area contributed by atoms with E-state index in [1.54, 1.807) is 0 Å². The quantitative estimate of drug-likeness (QED) is 0.779. The predicted octanol–water partition coefficient (Wildman–Crippen LogP) is 2.46. The van der Waals surface area contributed by atoms with Crippen LogP contribution in [0.25, 0.3) is 0 Å². The van der Waals surface area contributed by atoms with Gasteiger partial charge in [-0.05, 0) is 26.5 Å². The van der Waals surface area contributed by atoms with Gasteiger partial charge in [-0.15, -0.1) is 0 Å². The van der Waals surface area contributed by atoms with Crippen LogP contribution < -0.4 is 5.73 Å². The zero-order chi connectivity index (χ0) is 13.6. The van der Waals surface area contributed by atoms with Crippen molar-refractivity contribution in [3.05, 3.63) is 23.9 Å². The third-order valence-corrected chi connectivity index (χ3v) is 3.61. The summed E-state index contributed by atoms with van der Waals surface area (Å²) in [5.74, 6) is 0. The summed E-state index contributed by atoms with van der Waals surface area (Å²) < 4.78 is 0. The van der Waals surface area contributed by atoms with Gasteiger partial charge < -0.3 is 10.6 Å². The van der Waals surface area contributed by atoms with E-state index >= 15 is 0 Å². The van der Waals surface area contributed by atoms with Gasteiger partial charge in [-0.2, -0.15) is 0 Å². The van der Waals surface area contributed by atoms with Gasteiger partial charge in [-0.3, -0.25) is 4.90 Å². The fourth-order valence-corrected chi connectivity index (χ4v) is 2.29. The van der Waals surface area contributed by atoms with Crippen LogP contribution in [0.4, 0.5) is 0 Å². The lowest BCUT2D eigenvalue weighted by atomic mass is 9.90. The van der Waals surface area contributed by atoms with Gasteiger partial charge in [0.25, 0.3) is 0 Å². The van der Waals surface area contributed by atoms with Crippen LogP contribution in [0.2, 0.25) is 0 Å². The molecule has 2 rings (SSSR count). The van der Waals surface area contributed by atoms with E-state index in [9.17, 15) is 0 Å². The Balaban J connectivity index is 0.000000742. The zero-order valence-electron chi connectivity index (χ0n) is 12.4. The van der Waals surface area contributed by atoms with E-state index < -0.39 is 0 Å². The normalized spacial score (nSPS) is 29.4. The Kier molecular flexibility index (Phi) is 5.89. The van der Waals surface area contributed by atoms with Crippen LogP contribution in [0, 0.1) is 0 Å². The third kappa shape index (κ3) is 4.14. The van der Waals surface area contributed by atoms with Crippen molar-refractivity contribution >= 4 is 0 Å². The summed E-state index contributed by atoms with van der Waals surface area (Å²) in [6.07, 6.45) is 8.73. The number of piperazine rings is 1. The molecule has 0 bridgehead atoms. The minimum absolute atomic E-state index is 0. The monoisotopic (exact) mass is 253 g/mol. The molecule has 1 aliphatic heterocycles. The highest BCUT2D eigenvalue weighted by molar-refractivity contribution is 5.26. The molecule has 1 aliphatic carbocycles. The lowest BCUT2D eigenvalue weighted by Crippen LogP contribution is -2.54. The molecule has 1 fully saturated rings. The number of likely N-dealkylation sites (N-methyl/N-ethyl adjacent to an activating group) is 1. The van der Waals surface area contributed by atoms with E-state index in [0.717, 1.165) is 25.2 Å². The first-order valence-electron chi connectivity index (χ1n) is 7.10. The molecule has 0 amide bonds. The summed E-state index contributed by atoms with van der Waals surface area (Å²) in [5.41, 5.74) is 6.84. The molecule has 0 saturated carbocycles. The van der Waals surface area contributed by atoms with Crippen molar-refractivity contribution in [3.63, 3.8) is 0 Å². The lowest BCUT2D eigenvalue weighted by molar-refractivity contribution is 0.0800. The SMILES string of the molecule is CCC.CN1CCN(C2(C)C=CC(N)=CC2)CC1.[HH]. The summed E-state index contributed by atoms with van der Waals surface area (Å²) >= 11 is 0. The van der Waals surface area contributed by atoms with Gasteiger partial charge in [0, 0.05) is 38.8 Å². The smallest absolute Gasteiger partial charge is 0.0403 e. The van der Waals surface area contributed by atoms with Crippen LogP contribution in [-0.4, -0.2) is 48.6 Å². The summed E-state index contributed by atoms with van der Waals surface area (Å²) in [7, 11) is 2.19. The number of hydrogen-bond donors (Lipinski definition) is 1. The van der Waals surface area contributed by atoms with Crippen molar-refractivity contribution in [3.8, 4) is 0 Å². The number of allylic oxidation sites excluding steroid dienone is 1. The first-order chi connectivity index (χ1) is 8.51. The van der Waals surface area contributed by atoms with Crippen LogP contribution >= 0.6 is 0 Å². The van der Waals surface area contributed by atoms with Crippen molar-refractivity contribution in [2.45, 2.75) is 39.2 Å². The number of nitrogens with zero attached hydrogens (tertiary/aromatic N) is 2. The zero-order valence-corrected chi connectivity index (χ0v) is 12.4. The van der Waals surface area contributed by atoms with Gasteiger partial charge in [-0.25, -0.2) is 0 Å². The second-order valence-electron chi connectivity index (χ2n) is 5.60. The maximum absolute atomic E-state index is 5.75. The molecule has 1 heterocycles. The summed E-state index contributed by atoms with van der Waals surface area (Å²) in [5, 5.41) is 0. The van der Waals surface area contributed by atoms with Crippen molar-refractivity contribution < 1.29 is 1.43 Å². The maximum Gasteiger partial charge on any atom is 0.0403 e. The fraction of sp³-hybridized carbons (Fsp3) is 0.733. The second kappa shape index (κ2) is 6.95. The molecular formula is C15H31N3. The second-order valence-corrected chi connectivity index (χ2v) is 5.60. The Bertz CT molecular complexity index is 307. The summed E-state index contributed by atoms with van der Waals surface area (Å²) in [6.45, 7) is 11.2. The standard InChI is InChI=1S/C12H21N3.C3H8.H2/c1-12(5-3-11(13)4-6-12)15-9-7-14(2)8-10-15;1-3-2;/h3-5H,6-10,13H2,1-2H3;3H2,1-2H3;1H.